The fourth-order valence-electron chi connectivity index (χ4n) is 2.27. The molecule has 0 bridgehead atoms. The van der Waals surface area contributed by atoms with E-state index in [4.69, 9.17) is 22.2 Å². The van der Waals surface area contributed by atoms with E-state index in [2.05, 4.69) is 5.43 Å². The Morgan fingerprint density at radius 2 is 2.53 bits per heavy atom. The van der Waals surface area contributed by atoms with E-state index in [0.717, 1.165) is 35.8 Å². The summed E-state index contributed by atoms with van der Waals surface area (Å²) >= 11 is 7.77. The third-order valence-electron chi connectivity index (χ3n) is 3.21. The lowest BCUT2D eigenvalue weighted by molar-refractivity contribution is 0.101. The molecule has 3 N–H and O–H groups in total. The zero-order valence-electron chi connectivity index (χ0n) is 9.82. The molecule has 1 saturated heterocycles. The molecular weight excluding hydrogens is 256 g/mol. The van der Waals surface area contributed by atoms with Crippen LogP contribution in [-0.4, -0.2) is 12.7 Å². The van der Waals surface area contributed by atoms with Crippen molar-refractivity contribution in [2.75, 3.05) is 6.61 Å². The topological polar surface area (TPSA) is 47.3 Å². The Bertz CT molecular complexity index is 339. The Balaban J connectivity index is 1.77. The Labute approximate surface area is 111 Å². The highest BCUT2D eigenvalue weighted by molar-refractivity contribution is 7.10. The zero-order chi connectivity index (χ0) is 12.1. The highest BCUT2D eigenvalue weighted by atomic mass is 35.5. The monoisotopic (exact) mass is 274 g/mol. The van der Waals surface area contributed by atoms with Crippen LogP contribution in [0.15, 0.2) is 11.4 Å². The van der Waals surface area contributed by atoms with E-state index in [1.165, 1.54) is 12.8 Å². The maximum atomic E-state index is 6.11. The summed E-state index contributed by atoms with van der Waals surface area (Å²) in [7, 11) is 0. The first kappa shape index (κ1) is 13.3. The van der Waals surface area contributed by atoms with Crippen molar-refractivity contribution in [3.8, 4) is 0 Å². The zero-order valence-corrected chi connectivity index (χ0v) is 11.4. The SMILES string of the molecule is NNC(CCCC1CCCO1)c1sccc1Cl. The summed E-state index contributed by atoms with van der Waals surface area (Å²) in [6.07, 6.45) is 6.14. The summed E-state index contributed by atoms with van der Waals surface area (Å²) in [5.74, 6) is 5.59. The lowest BCUT2D eigenvalue weighted by atomic mass is 10.0. The van der Waals surface area contributed by atoms with Gasteiger partial charge in [-0.3, -0.25) is 11.3 Å². The van der Waals surface area contributed by atoms with Crippen LogP contribution in [0.2, 0.25) is 5.02 Å². The van der Waals surface area contributed by atoms with Gasteiger partial charge in [-0.2, -0.15) is 0 Å². The third kappa shape index (κ3) is 3.66. The summed E-state index contributed by atoms with van der Waals surface area (Å²) in [4.78, 5) is 1.14. The maximum absolute atomic E-state index is 6.11. The minimum Gasteiger partial charge on any atom is -0.378 e. The van der Waals surface area contributed by atoms with Crippen LogP contribution in [0.5, 0.6) is 0 Å². The summed E-state index contributed by atoms with van der Waals surface area (Å²) in [6.45, 7) is 0.931. The van der Waals surface area contributed by atoms with Gasteiger partial charge in [0, 0.05) is 11.5 Å². The molecule has 2 unspecified atom stereocenters. The number of hydrazine groups is 1. The molecule has 1 fully saturated rings. The molecule has 2 heterocycles. The van der Waals surface area contributed by atoms with Crippen molar-refractivity contribution in [1.29, 1.82) is 0 Å². The summed E-state index contributed by atoms with van der Waals surface area (Å²) in [6, 6.07) is 2.09. The molecule has 1 aromatic heterocycles. The average molecular weight is 275 g/mol. The van der Waals surface area contributed by atoms with Crippen LogP contribution in [0.25, 0.3) is 0 Å². The van der Waals surface area contributed by atoms with E-state index in [9.17, 15) is 0 Å². The molecule has 0 aromatic carbocycles. The molecule has 1 aromatic rings. The van der Waals surface area contributed by atoms with Crippen LogP contribution in [-0.2, 0) is 4.74 Å². The predicted octanol–water partition coefficient (Wildman–Crippen LogP) is 3.26. The first-order valence-corrected chi connectivity index (χ1v) is 7.37. The van der Waals surface area contributed by atoms with Crippen molar-refractivity contribution >= 4 is 22.9 Å². The smallest absolute Gasteiger partial charge is 0.0576 e. The van der Waals surface area contributed by atoms with E-state index in [1.807, 2.05) is 11.4 Å². The minimum absolute atomic E-state index is 0.170. The molecular formula is C12H19ClN2OS. The van der Waals surface area contributed by atoms with Gasteiger partial charge in [0.2, 0.25) is 0 Å². The molecule has 0 amide bonds. The van der Waals surface area contributed by atoms with Crippen molar-refractivity contribution < 1.29 is 4.74 Å². The van der Waals surface area contributed by atoms with Gasteiger partial charge in [-0.25, -0.2) is 0 Å². The van der Waals surface area contributed by atoms with E-state index < -0.39 is 0 Å². The molecule has 0 saturated carbocycles. The summed E-state index contributed by atoms with van der Waals surface area (Å²) in [5, 5.41) is 2.82. The number of nitrogens with one attached hydrogen (secondary N) is 1. The van der Waals surface area contributed by atoms with Crippen molar-refractivity contribution in [3.63, 3.8) is 0 Å². The van der Waals surface area contributed by atoms with E-state index >= 15 is 0 Å². The van der Waals surface area contributed by atoms with E-state index in [0.29, 0.717) is 6.10 Å². The van der Waals surface area contributed by atoms with Crippen LogP contribution in [0.3, 0.4) is 0 Å². The number of rotatable bonds is 6. The molecule has 0 radical (unpaired) electrons. The van der Waals surface area contributed by atoms with Crippen molar-refractivity contribution in [2.45, 2.75) is 44.2 Å². The van der Waals surface area contributed by atoms with Crippen molar-refractivity contribution in [1.82, 2.24) is 5.43 Å². The second kappa shape index (κ2) is 6.71. The molecule has 5 heteroatoms. The lowest BCUT2D eigenvalue weighted by Crippen LogP contribution is -2.27. The first-order valence-electron chi connectivity index (χ1n) is 6.12. The standard InChI is InChI=1S/C12H19ClN2OS/c13-10-6-8-17-12(10)11(15-14)5-1-3-9-4-2-7-16-9/h6,8-9,11,15H,1-5,7,14H2. The van der Waals surface area contributed by atoms with Gasteiger partial charge in [-0.05, 0) is 43.6 Å². The Morgan fingerprint density at radius 3 is 3.12 bits per heavy atom. The van der Waals surface area contributed by atoms with Gasteiger partial charge in [0.15, 0.2) is 0 Å². The summed E-state index contributed by atoms with van der Waals surface area (Å²) < 4.78 is 5.61. The molecule has 2 rings (SSSR count). The normalized spacial score (nSPS) is 21.9. The fraction of sp³-hybridized carbons (Fsp3) is 0.667. The number of thiophene rings is 1. The second-order valence-electron chi connectivity index (χ2n) is 4.42. The van der Waals surface area contributed by atoms with Crippen molar-refractivity contribution in [2.24, 2.45) is 5.84 Å². The number of hydrogen-bond acceptors (Lipinski definition) is 4. The van der Waals surface area contributed by atoms with Crippen LogP contribution < -0.4 is 11.3 Å². The minimum atomic E-state index is 0.170. The number of ether oxygens (including phenoxy) is 1. The molecule has 0 spiro atoms. The van der Waals surface area contributed by atoms with Crippen LogP contribution in [0.1, 0.15) is 43.0 Å². The van der Waals surface area contributed by atoms with Crippen LogP contribution in [0, 0.1) is 0 Å². The molecule has 0 aliphatic carbocycles. The maximum Gasteiger partial charge on any atom is 0.0576 e. The van der Waals surface area contributed by atoms with Gasteiger partial charge >= 0.3 is 0 Å². The van der Waals surface area contributed by atoms with Crippen molar-refractivity contribution in [3.05, 3.63) is 21.3 Å². The largest absolute Gasteiger partial charge is 0.378 e. The molecule has 96 valence electrons. The second-order valence-corrected chi connectivity index (χ2v) is 5.77. The van der Waals surface area contributed by atoms with Crippen LogP contribution in [0.4, 0.5) is 0 Å². The van der Waals surface area contributed by atoms with Crippen LogP contribution >= 0.6 is 22.9 Å². The predicted molar refractivity (Wildman–Crippen MR) is 72.2 cm³/mol. The van der Waals surface area contributed by atoms with Gasteiger partial charge < -0.3 is 4.74 Å². The Hall–Kier alpha value is -0.130. The Morgan fingerprint density at radius 1 is 1.65 bits per heavy atom. The number of hydrogen-bond donors (Lipinski definition) is 2. The molecule has 17 heavy (non-hydrogen) atoms. The number of nitrogens with two attached hydrogens (primary N) is 1. The highest BCUT2D eigenvalue weighted by Gasteiger charge is 2.18. The fourth-order valence-corrected chi connectivity index (χ4v) is 3.55. The van der Waals surface area contributed by atoms with Gasteiger partial charge in [0.05, 0.1) is 17.2 Å². The molecule has 1 aliphatic rings. The average Bonchev–Trinajstić information content (AvgIpc) is 2.96. The summed E-state index contributed by atoms with van der Waals surface area (Å²) in [5.41, 5.74) is 2.86. The van der Waals surface area contributed by atoms with Gasteiger partial charge in [0.25, 0.3) is 0 Å². The quantitative estimate of drug-likeness (QED) is 0.618. The molecule has 1 aliphatic heterocycles. The lowest BCUT2D eigenvalue weighted by Gasteiger charge is -2.16. The van der Waals surface area contributed by atoms with Gasteiger partial charge in [-0.1, -0.05) is 11.6 Å². The van der Waals surface area contributed by atoms with E-state index in [-0.39, 0.29) is 6.04 Å². The first-order chi connectivity index (χ1) is 8.31. The van der Waals surface area contributed by atoms with E-state index in [1.54, 1.807) is 11.3 Å². The van der Waals surface area contributed by atoms with Gasteiger partial charge in [-0.15, -0.1) is 11.3 Å². The highest BCUT2D eigenvalue weighted by Crippen LogP contribution is 2.31. The third-order valence-corrected chi connectivity index (χ3v) is 4.68. The number of halogens is 1. The van der Waals surface area contributed by atoms with Gasteiger partial charge in [0.1, 0.15) is 0 Å². The molecule has 2 atom stereocenters. The molecule has 3 nitrogen and oxygen atoms in total. The Kier molecular flexibility index (Phi) is 5.25.